The largest absolute Gasteiger partial charge is 0.295 e. The number of ketones is 1. The van der Waals surface area contributed by atoms with Crippen LogP contribution in [-0.2, 0) is 9.59 Å². The number of rotatable bonds is 13. The van der Waals surface area contributed by atoms with Crippen molar-refractivity contribution in [3.63, 3.8) is 0 Å². The van der Waals surface area contributed by atoms with Gasteiger partial charge in [0.1, 0.15) is 0 Å². The minimum atomic E-state index is -0.249. The molecular formula is C15H28O2. The lowest BCUT2D eigenvalue weighted by Gasteiger charge is -2.01. The van der Waals surface area contributed by atoms with Gasteiger partial charge in [-0.15, -0.1) is 0 Å². The second-order valence-electron chi connectivity index (χ2n) is 4.87. The van der Waals surface area contributed by atoms with Gasteiger partial charge in [0.05, 0.1) is 0 Å². The third kappa shape index (κ3) is 13.3. The predicted molar refractivity (Wildman–Crippen MR) is 72.1 cm³/mol. The molecule has 0 heterocycles. The molecule has 0 aliphatic heterocycles. The third-order valence-electron chi connectivity index (χ3n) is 3.16. The van der Waals surface area contributed by atoms with Gasteiger partial charge in [-0.1, -0.05) is 71.1 Å². The van der Waals surface area contributed by atoms with Crippen molar-refractivity contribution in [1.29, 1.82) is 0 Å². The van der Waals surface area contributed by atoms with Crippen molar-refractivity contribution in [2.24, 2.45) is 0 Å². The van der Waals surface area contributed by atoms with Crippen LogP contribution in [0.3, 0.4) is 0 Å². The first-order valence-electron chi connectivity index (χ1n) is 7.29. The Hall–Kier alpha value is -0.660. The number of Topliss-reactive ketones (excluding diaryl/α,β-unsaturated/α-hetero) is 1. The standard InChI is InChI=1S/C15H28O2/c1-2-3-4-5-6-7-8-9-10-11-12-13-15(17)14-16/h14H,2-13H2,1H3. The van der Waals surface area contributed by atoms with Gasteiger partial charge in [0.2, 0.25) is 0 Å². The van der Waals surface area contributed by atoms with Crippen molar-refractivity contribution in [3.8, 4) is 0 Å². The summed E-state index contributed by atoms with van der Waals surface area (Å²) in [4.78, 5) is 20.8. The van der Waals surface area contributed by atoms with Gasteiger partial charge in [-0.25, -0.2) is 0 Å². The Bertz CT molecular complexity index is 187. The van der Waals surface area contributed by atoms with Crippen molar-refractivity contribution in [3.05, 3.63) is 0 Å². The number of aldehydes is 1. The number of hydrogen-bond donors (Lipinski definition) is 0. The minimum Gasteiger partial charge on any atom is -0.295 e. The smallest absolute Gasteiger partial charge is 0.195 e. The highest BCUT2D eigenvalue weighted by Crippen LogP contribution is 2.11. The first-order chi connectivity index (χ1) is 8.31. The van der Waals surface area contributed by atoms with Gasteiger partial charge in [0.25, 0.3) is 0 Å². The van der Waals surface area contributed by atoms with E-state index >= 15 is 0 Å². The van der Waals surface area contributed by atoms with Crippen molar-refractivity contribution >= 4 is 12.1 Å². The Morgan fingerprint density at radius 1 is 0.765 bits per heavy atom. The first kappa shape index (κ1) is 16.3. The lowest BCUT2D eigenvalue weighted by atomic mass is 10.0. The molecule has 0 saturated heterocycles. The fourth-order valence-electron chi connectivity index (χ4n) is 2.02. The Labute approximate surface area is 106 Å². The van der Waals surface area contributed by atoms with Crippen LogP contribution >= 0.6 is 0 Å². The molecule has 0 N–H and O–H groups in total. The van der Waals surface area contributed by atoms with E-state index in [4.69, 9.17) is 0 Å². The quantitative estimate of drug-likeness (QED) is 0.271. The fraction of sp³-hybridized carbons (Fsp3) is 0.867. The first-order valence-corrected chi connectivity index (χ1v) is 7.29. The molecule has 0 aromatic rings. The van der Waals surface area contributed by atoms with E-state index in [1.165, 1.54) is 57.8 Å². The summed E-state index contributed by atoms with van der Waals surface area (Å²) in [7, 11) is 0. The molecule has 2 nitrogen and oxygen atoms in total. The molecule has 2 heteroatoms. The topological polar surface area (TPSA) is 34.1 Å². The normalized spacial score (nSPS) is 10.4. The van der Waals surface area contributed by atoms with Crippen LogP contribution in [0.5, 0.6) is 0 Å². The zero-order valence-electron chi connectivity index (χ0n) is 11.4. The second-order valence-corrected chi connectivity index (χ2v) is 4.87. The molecule has 0 aliphatic rings. The van der Waals surface area contributed by atoms with E-state index in [2.05, 4.69) is 6.92 Å². The average molecular weight is 240 g/mol. The summed E-state index contributed by atoms with van der Waals surface area (Å²) in [6, 6.07) is 0. The van der Waals surface area contributed by atoms with E-state index in [-0.39, 0.29) is 5.78 Å². The average Bonchev–Trinajstić information content (AvgIpc) is 2.35. The maximum Gasteiger partial charge on any atom is 0.195 e. The fourth-order valence-corrected chi connectivity index (χ4v) is 2.02. The zero-order valence-corrected chi connectivity index (χ0v) is 11.4. The summed E-state index contributed by atoms with van der Waals surface area (Å²) < 4.78 is 0. The highest BCUT2D eigenvalue weighted by Gasteiger charge is 1.98. The minimum absolute atomic E-state index is 0.249. The van der Waals surface area contributed by atoms with E-state index in [0.29, 0.717) is 12.7 Å². The number of hydrogen-bond acceptors (Lipinski definition) is 2. The van der Waals surface area contributed by atoms with Gasteiger partial charge in [0.15, 0.2) is 12.1 Å². The molecule has 0 bridgehead atoms. The number of carbonyl (C=O) groups is 2. The monoisotopic (exact) mass is 240 g/mol. The van der Waals surface area contributed by atoms with Crippen LogP contribution in [0.25, 0.3) is 0 Å². The van der Waals surface area contributed by atoms with Gasteiger partial charge < -0.3 is 0 Å². The van der Waals surface area contributed by atoms with Crippen LogP contribution in [0.4, 0.5) is 0 Å². The van der Waals surface area contributed by atoms with E-state index in [1.54, 1.807) is 0 Å². The zero-order chi connectivity index (χ0) is 12.8. The summed E-state index contributed by atoms with van der Waals surface area (Å²) in [5.74, 6) is -0.249. The van der Waals surface area contributed by atoms with Crippen molar-refractivity contribution in [1.82, 2.24) is 0 Å². The molecule has 0 spiro atoms. The lowest BCUT2D eigenvalue weighted by molar-refractivity contribution is -0.129. The molecule has 0 aromatic heterocycles. The molecule has 0 rings (SSSR count). The molecule has 0 saturated carbocycles. The Balaban J connectivity index is 2.98. The van der Waals surface area contributed by atoms with E-state index in [9.17, 15) is 9.59 Å². The summed E-state index contributed by atoms with van der Waals surface area (Å²) >= 11 is 0. The molecule has 0 amide bonds. The van der Waals surface area contributed by atoms with E-state index in [0.717, 1.165) is 12.8 Å². The maximum atomic E-state index is 10.7. The molecule has 0 radical (unpaired) electrons. The summed E-state index contributed by atoms with van der Waals surface area (Å²) in [6.45, 7) is 2.25. The Morgan fingerprint density at radius 2 is 1.18 bits per heavy atom. The highest BCUT2D eigenvalue weighted by atomic mass is 16.2. The van der Waals surface area contributed by atoms with Crippen molar-refractivity contribution in [2.75, 3.05) is 0 Å². The van der Waals surface area contributed by atoms with Gasteiger partial charge in [-0.2, -0.15) is 0 Å². The van der Waals surface area contributed by atoms with Gasteiger partial charge >= 0.3 is 0 Å². The van der Waals surface area contributed by atoms with Crippen LogP contribution < -0.4 is 0 Å². The Morgan fingerprint density at radius 3 is 1.59 bits per heavy atom. The molecule has 17 heavy (non-hydrogen) atoms. The molecule has 100 valence electrons. The SMILES string of the molecule is CCCCCCCCCCCCCC(=O)C=O. The molecule has 0 aliphatic carbocycles. The molecular weight excluding hydrogens is 212 g/mol. The summed E-state index contributed by atoms with van der Waals surface area (Å²) in [5, 5.41) is 0. The highest BCUT2D eigenvalue weighted by molar-refractivity contribution is 6.24. The van der Waals surface area contributed by atoms with Crippen LogP contribution in [0, 0.1) is 0 Å². The van der Waals surface area contributed by atoms with E-state index < -0.39 is 0 Å². The molecule has 0 fully saturated rings. The van der Waals surface area contributed by atoms with Crippen molar-refractivity contribution in [2.45, 2.75) is 84.0 Å². The third-order valence-corrected chi connectivity index (χ3v) is 3.16. The van der Waals surface area contributed by atoms with Gasteiger partial charge in [-0.3, -0.25) is 9.59 Å². The second kappa shape index (κ2) is 13.4. The van der Waals surface area contributed by atoms with Crippen LogP contribution in [0.15, 0.2) is 0 Å². The van der Waals surface area contributed by atoms with Crippen LogP contribution in [0.2, 0.25) is 0 Å². The Kier molecular flexibility index (Phi) is 12.9. The lowest BCUT2D eigenvalue weighted by Crippen LogP contribution is -1.97. The van der Waals surface area contributed by atoms with Gasteiger partial charge in [-0.05, 0) is 6.42 Å². The summed E-state index contributed by atoms with van der Waals surface area (Å²) in [6.07, 6.45) is 14.9. The van der Waals surface area contributed by atoms with Crippen LogP contribution in [0.1, 0.15) is 84.0 Å². The van der Waals surface area contributed by atoms with Crippen LogP contribution in [-0.4, -0.2) is 12.1 Å². The summed E-state index contributed by atoms with van der Waals surface area (Å²) in [5.41, 5.74) is 0. The molecule has 0 atom stereocenters. The van der Waals surface area contributed by atoms with Gasteiger partial charge in [0, 0.05) is 6.42 Å². The number of carbonyl (C=O) groups excluding carboxylic acids is 2. The molecule has 0 unspecified atom stereocenters. The predicted octanol–water partition coefficient (Wildman–Crippen LogP) is 4.46. The van der Waals surface area contributed by atoms with Crippen molar-refractivity contribution < 1.29 is 9.59 Å². The molecule has 0 aromatic carbocycles. The van der Waals surface area contributed by atoms with E-state index in [1.807, 2.05) is 0 Å². The maximum absolute atomic E-state index is 10.7. The number of unbranched alkanes of at least 4 members (excludes halogenated alkanes) is 10.